The summed E-state index contributed by atoms with van der Waals surface area (Å²) in [6.07, 6.45) is 2.39. The Morgan fingerprint density at radius 2 is 1.92 bits per heavy atom. The van der Waals surface area contributed by atoms with Crippen molar-refractivity contribution in [2.75, 3.05) is 30.9 Å². The molecule has 0 spiro atoms. The highest BCUT2D eigenvalue weighted by molar-refractivity contribution is 5.92. The smallest absolute Gasteiger partial charge is 0.228 e. The molecular weight excluding hydrogens is 328 g/mol. The minimum atomic E-state index is -0.0611. The molecule has 1 aliphatic rings. The van der Waals surface area contributed by atoms with E-state index in [9.17, 15) is 4.79 Å². The summed E-state index contributed by atoms with van der Waals surface area (Å²) in [5.74, 6) is 1.29. The van der Waals surface area contributed by atoms with Crippen molar-refractivity contribution in [1.29, 1.82) is 0 Å². The molecule has 1 fully saturated rings. The summed E-state index contributed by atoms with van der Waals surface area (Å²) in [6.45, 7) is 4.33. The summed E-state index contributed by atoms with van der Waals surface area (Å²) in [5.41, 5.74) is 9.11. The Morgan fingerprint density at radius 3 is 2.65 bits per heavy atom. The summed E-state index contributed by atoms with van der Waals surface area (Å²) in [7, 11) is 0. The van der Waals surface area contributed by atoms with E-state index in [0.29, 0.717) is 24.6 Å². The van der Waals surface area contributed by atoms with Crippen molar-refractivity contribution in [2.45, 2.75) is 26.2 Å². The van der Waals surface area contributed by atoms with Crippen molar-refractivity contribution < 1.29 is 14.3 Å². The number of nitrogens with one attached hydrogen (secondary N) is 1. The first-order valence-electron chi connectivity index (χ1n) is 9.05. The first-order valence-corrected chi connectivity index (χ1v) is 9.05. The number of rotatable bonds is 6. The molecule has 0 unspecified atom stereocenters. The van der Waals surface area contributed by atoms with Crippen LogP contribution in [0, 0.1) is 12.8 Å². The van der Waals surface area contributed by atoms with E-state index in [-0.39, 0.29) is 5.91 Å². The van der Waals surface area contributed by atoms with Crippen LogP contribution in [0.4, 0.5) is 11.4 Å². The number of nitrogens with two attached hydrogens (primary N) is 1. The number of nitrogen functional groups attached to an aromatic ring is 1. The zero-order valence-electron chi connectivity index (χ0n) is 15.2. The highest BCUT2D eigenvalue weighted by Crippen LogP contribution is 2.25. The molecule has 1 amide bonds. The van der Waals surface area contributed by atoms with Crippen LogP contribution >= 0.6 is 0 Å². The fourth-order valence-electron chi connectivity index (χ4n) is 2.98. The lowest BCUT2D eigenvalue weighted by Crippen LogP contribution is -2.21. The predicted octanol–water partition coefficient (Wildman–Crippen LogP) is 3.56. The molecule has 0 atom stereocenters. The van der Waals surface area contributed by atoms with Gasteiger partial charge in [-0.2, -0.15) is 0 Å². The zero-order chi connectivity index (χ0) is 18.4. The van der Waals surface area contributed by atoms with E-state index in [1.165, 1.54) is 0 Å². The molecule has 0 aliphatic carbocycles. The van der Waals surface area contributed by atoms with Crippen molar-refractivity contribution in [3.63, 3.8) is 0 Å². The standard InChI is InChI=1S/C21H26N2O3/c1-15-2-7-19(13-20(15)26-14-17-8-10-25-11-9-17)23-21(24)12-16-3-5-18(22)6-4-16/h2-7,13,17H,8-12,14,22H2,1H3,(H,23,24). The van der Waals surface area contributed by atoms with Gasteiger partial charge in [0.1, 0.15) is 5.75 Å². The van der Waals surface area contributed by atoms with Gasteiger partial charge in [0.15, 0.2) is 0 Å². The number of carbonyl (C=O) groups excluding carboxylic acids is 1. The summed E-state index contributed by atoms with van der Waals surface area (Å²) in [4.78, 5) is 12.3. The summed E-state index contributed by atoms with van der Waals surface area (Å²) < 4.78 is 11.4. The number of hydrogen-bond donors (Lipinski definition) is 2. The van der Waals surface area contributed by atoms with Gasteiger partial charge in [0, 0.05) is 30.7 Å². The monoisotopic (exact) mass is 354 g/mol. The molecule has 0 radical (unpaired) electrons. The third kappa shape index (κ3) is 5.23. The fourth-order valence-corrected chi connectivity index (χ4v) is 2.98. The van der Waals surface area contributed by atoms with Gasteiger partial charge in [0.25, 0.3) is 0 Å². The average molecular weight is 354 g/mol. The Kier molecular flexibility index (Phi) is 6.12. The van der Waals surface area contributed by atoms with Crippen molar-refractivity contribution in [3.05, 3.63) is 53.6 Å². The van der Waals surface area contributed by atoms with Crippen molar-refractivity contribution in [2.24, 2.45) is 5.92 Å². The van der Waals surface area contributed by atoms with Gasteiger partial charge in [0.05, 0.1) is 13.0 Å². The molecular formula is C21H26N2O3. The molecule has 3 rings (SSSR count). The maximum atomic E-state index is 12.3. The first-order chi connectivity index (χ1) is 12.6. The maximum Gasteiger partial charge on any atom is 0.228 e. The van der Waals surface area contributed by atoms with Gasteiger partial charge in [-0.05, 0) is 55.0 Å². The number of hydrogen-bond acceptors (Lipinski definition) is 4. The third-order valence-corrected chi connectivity index (χ3v) is 4.63. The SMILES string of the molecule is Cc1ccc(NC(=O)Cc2ccc(N)cc2)cc1OCC1CCOCC1. The van der Waals surface area contributed by atoms with Gasteiger partial charge in [-0.25, -0.2) is 0 Å². The van der Waals surface area contributed by atoms with E-state index in [1.807, 2.05) is 37.3 Å². The molecule has 138 valence electrons. The van der Waals surface area contributed by atoms with Gasteiger partial charge in [-0.1, -0.05) is 18.2 Å². The number of benzene rings is 2. The molecule has 26 heavy (non-hydrogen) atoms. The largest absolute Gasteiger partial charge is 0.493 e. The molecule has 0 aromatic heterocycles. The van der Waals surface area contributed by atoms with Gasteiger partial charge in [-0.3, -0.25) is 4.79 Å². The van der Waals surface area contributed by atoms with Gasteiger partial charge in [-0.15, -0.1) is 0 Å². The molecule has 0 bridgehead atoms. The van der Waals surface area contributed by atoms with E-state index in [0.717, 1.165) is 48.6 Å². The highest BCUT2D eigenvalue weighted by atomic mass is 16.5. The number of ether oxygens (including phenoxy) is 2. The topological polar surface area (TPSA) is 73.6 Å². The van der Waals surface area contributed by atoms with E-state index >= 15 is 0 Å². The second-order valence-electron chi connectivity index (χ2n) is 6.81. The predicted molar refractivity (Wildman–Crippen MR) is 103 cm³/mol. The van der Waals surface area contributed by atoms with E-state index < -0.39 is 0 Å². The Balaban J connectivity index is 1.57. The van der Waals surface area contributed by atoms with E-state index in [2.05, 4.69) is 5.32 Å². The van der Waals surface area contributed by atoms with Crippen molar-refractivity contribution in [3.8, 4) is 5.75 Å². The summed E-state index contributed by atoms with van der Waals surface area (Å²) in [6, 6.07) is 13.1. The van der Waals surface area contributed by atoms with Crippen LogP contribution in [-0.4, -0.2) is 25.7 Å². The number of carbonyl (C=O) groups is 1. The molecule has 5 heteroatoms. The molecule has 1 saturated heterocycles. The normalized spacial score (nSPS) is 14.8. The van der Waals surface area contributed by atoms with Gasteiger partial charge < -0.3 is 20.5 Å². The van der Waals surface area contributed by atoms with Crippen LogP contribution in [-0.2, 0) is 16.0 Å². The van der Waals surface area contributed by atoms with Crippen LogP contribution in [0.15, 0.2) is 42.5 Å². The molecule has 1 heterocycles. The van der Waals surface area contributed by atoms with Crippen LogP contribution in [0.25, 0.3) is 0 Å². The Labute approximate surface area is 154 Å². The van der Waals surface area contributed by atoms with Gasteiger partial charge in [0.2, 0.25) is 5.91 Å². The third-order valence-electron chi connectivity index (χ3n) is 4.63. The molecule has 0 saturated carbocycles. The highest BCUT2D eigenvalue weighted by Gasteiger charge is 2.15. The van der Waals surface area contributed by atoms with Crippen molar-refractivity contribution >= 4 is 17.3 Å². The molecule has 5 nitrogen and oxygen atoms in total. The van der Waals surface area contributed by atoms with Crippen LogP contribution in [0.5, 0.6) is 5.75 Å². The minimum absolute atomic E-state index is 0.0611. The van der Waals surface area contributed by atoms with E-state index in [4.69, 9.17) is 15.2 Å². The fraction of sp³-hybridized carbons (Fsp3) is 0.381. The van der Waals surface area contributed by atoms with Gasteiger partial charge >= 0.3 is 0 Å². The number of anilines is 2. The molecule has 2 aromatic rings. The lowest BCUT2D eigenvalue weighted by molar-refractivity contribution is -0.115. The number of aryl methyl sites for hydroxylation is 1. The Hall–Kier alpha value is -2.53. The van der Waals surface area contributed by atoms with Crippen molar-refractivity contribution in [1.82, 2.24) is 0 Å². The quantitative estimate of drug-likeness (QED) is 0.778. The first kappa shape index (κ1) is 18.3. The van der Waals surface area contributed by atoms with Crippen LogP contribution < -0.4 is 15.8 Å². The molecule has 2 aromatic carbocycles. The second-order valence-corrected chi connectivity index (χ2v) is 6.81. The zero-order valence-corrected chi connectivity index (χ0v) is 15.2. The molecule has 3 N–H and O–H groups in total. The number of amides is 1. The minimum Gasteiger partial charge on any atom is -0.493 e. The Bertz CT molecular complexity index is 737. The van der Waals surface area contributed by atoms with E-state index in [1.54, 1.807) is 12.1 Å². The lowest BCUT2D eigenvalue weighted by atomic mass is 10.0. The summed E-state index contributed by atoms with van der Waals surface area (Å²) >= 11 is 0. The van der Waals surface area contributed by atoms with Crippen LogP contribution in [0.1, 0.15) is 24.0 Å². The van der Waals surface area contributed by atoms with Crippen LogP contribution in [0.2, 0.25) is 0 Å². The van der Waals surface area contributed by atoms with Crippen LogP contribution in [0.3, 0.4) is 0 Å². The second kappa shape index (κ2) is 8.72. The average Bonchev–Trinajstić information content (AvgIpc) is 2.65. The summed E-state index contributed by atoms with van der Waals surface area (Å²) in [5, 5.41) is 2.94. The lowest BCUT2D eigenvalue weighted by Gasteiger charge is -2.22. The molecule has 1 aliphatic heterocycles. The Morgan fingerprint density at radius 1 is 1.19 bits per heavy atom. The maximum absolute atomic E-state index is 12.3.